The summed E-state index contributed by atoms with van der Waals surface area (Å²) in [5.41, 5.74) is 0. The lowest BCUT2D eigenvalue weighted by Gasteiger charge is -2.42. The van der Waals surface area contributed by atoms with Gasteiger partial charge in [-0.05, 0) is 37.4 Å². The van der Waals surface area contributed by atoms with Crippen LogP contribution in [0.1, 0.15) is 32.6 Å². The third-order valence-electron chi connectivity index (χ3n) is 3.64. The molecule has 2 rings (SSSR count). The minimum absolute atomic E-state index is 0.214. The molecule has 2 heterocycles. The zero-order valence-corrected chi connectivity index (χ0v) is 11.2. The summed E-state index contributed by atoms with van der Waals surface area (Å²) in [6.45, 7) is 5.02. The molecule has 0 radical (unpaired) electrons. The zero-order chi connectivity index (χ0) is 12.3. The molecule has 0 aliphatic carbocycles. The minimum atomic E-state index is 0.214. The van der Waals surface area contributed by atoms with Crippen molar-refractivity contribution in [2.75, 3.05) is 19.6 Å². The Kier molecular flexibility index (Phi) is 4.20. The van der Waals surface area contributed by atoms with Crippen LogP contribution >= 0.6 is 12.2 Å². The minimum Gasteiger partial charge on any atom is -0.363 e. The molecule has 17 heavy (non-hydrogen) atoms. The van der Waals surface area contributed by atoms with Crippen molar-refractivity contribution in [1.82, 2.24) is 15.5 Å². The Morgan fingerprint density at radius 2 is 2.41 bits per heavy atom. The fraction of sp³-hybridized carbons (Fsp3) is 0.833. The van der Waals surface area contributed by atoms with Crippen LogP contribution in [0.5, 0.6) is 0 Å². The first kappa shape index (κ1) is 12.6. The molecular formula is C12H21N3OS. The number of nitrogens with one attached hydrogen (secondary N) is 2. The van der Waals surface area contributed by atoms with E-state index >= 15 is 0 Å². The number of thiocarbonyl (C=S) groups is 1. The molecule has 0 aromatic carbocycles. The normalized spacial score (nSPS) is 28.3. The fourth-order valence-electron chi connectivity index (χ4n) is 2.64. The summed E-state index contributed by atoms with van der Waals surface area (Å²) < 4.78 is 0. The average molecular weight is 255 g/mol. The van der Waals surface area contributed by atoms with Gasteiger partial charge in [0.15, 0.2) is 5.11 Å². The van der Waals surface area contributed by atoms with Crippen LogP contribution in [0.15, 0.2) is 0 Å². The molecule has 2 saturated heterocycles. The molecule has 0 aromatic rings. The van der Waals surface area contributed by atoms with Crippen molar-refractivity contribution in [3.8, 4) is 0 Å². The SMILES string of the molecule is CCCNC(=S)N1CCC2NC(=O)CCC2C1. The van der Waals surface area contributed by atoms with E-state index in [4.69, 9.17) is 12.2 Å². The monoisotopic (exact) mass is 255 g/mol. The summed E-state index contributed by atoms with van der Waals surface area (Å²) in [7, 11) is 0. The van der Waals surface area contributed by atoms with Crippen LogP contribution in [0.25, 0.3) is 0 Å². The summed E-state index contributed by atoms with van der Waals surface area (Å²) in [4.78, 5) is 13.6. The van der Waals surface area contributed by atoms with Gasteiger partial charge in [0.2, 0.25) is 5.91 Å². The number of likely N-dealkylation sites (tertiary alicyclic amines) is 1. The second kappa shape index (κ2) is 5.67. The number of nitrogens with zero attached hydrogens (tertiary/aromatic N) is 1. The van der Waals surface area contributed by atoms with E-state index < -0.39 is 0 Å². The lowest BCUT2D eigenvalue weighted by Crippen LogP contribution is -2.56. The van der Waals surface area contributed by atoms with Crippen LogP contribution < -0.4 is 10.6 Å². The molecule has 2 N–H and O–H groups in total. The van der Waals surface area contributed by atoms with Crippen molar-refractivity contribution in [1.29, 1.82) is 0 Å². The molecule has 2 atom stereocenters. The van der Waals surface area contributed by atoms with Crippen molar-refractivity contribution in [2.45, 2.75) is 38.6 Å². The van der Waals surface area contributed by atoms with Crippen LogP contribution in [-0.2, 0) is 4.79 Å². The topological polar surface area (TPSA) is 44.4 Å². The predicted octanol–water partition coefficient (Wildman–Crippen LogP) is 0.871. The van der Waals surface area contributed by atoms with E-state index in [2.05, 4.69) is 22.5 Å². The number of carbonyl (C=O) groups is 1. The highest BCUT2D eigenvalue weighted by Crippen LogP contribution is 2.25. The number of piperidine rings is 2. The molecule has 96 valence electrons. The van der Waals surface area contributed by atoms with Gasteiger partial charge < -0.3 is 15.5 Å². The predicted molar refractivity (Wildman–Crippen MR) is 71.7 cm³/mol. The Morgan fingerprint density at radius 3 is 3.18 bits per heavy atom. The summed E-state index contributed by atoms with van der Waals surface area (Å²) in [6, 6.07) is 0.376. The van der Waals surface area contributed by atoms with Crippen LogP contribution in [-0.4, -0.2) is 41.6 Å². The van der Waals surface area contributed by atoms with E-state index in [1.807, 2.05) is 0 Å². The van der Waals surface area contributed by atoms with E-state index in [9.17, 15) is 4.79 Å². The third-order valence-corrected chi connectivity index (χ3v) is 4.04. The number of amides is 1. The van der Waals surface area contributed by atoms with Crippen LogP contribution in [0.2, 0.25) is 0 Å². The van der Waals surface area contributed by atoms with Crippen molar-refractivity contribution in [3.63, 3.8) is 0 Å². The maximum absolute atomic E-state index is 11.3. The van der Waals surface area contributed by atoms with E-state index in [-0.39, 0.29) is 5.91 Å². The van der Waals surface area contributed by atoms with Crippen molar-refractivity contribution >= 4 is 23.2 Å². The maximum Gasteiger partial charge on any atom is 0.220 e. The second-order valence-corrected chi connectivity index (χ2v) is 5.33. The van der Waals surface area contributed by atoms with Crippen molar-refractivity contribution in [2.24, 2.45) is 5.92 Å². The Labute approximate surface area is 108 Å². The van der Waals surface area contributed by atoms with Gasteiger partial charge in [-0.3, -0.25) is 4.79 Å². The number of hydrogen-bond donors (Lipinski definition) is 2. The first-order valence-corrected chi connectivity index (χ1v) is 6.93. The highest BCUT2D eigenvalue weighted by molar-refractivity contribution is 7.80. The molecule has 5 heteroatoms. The number of rotatable bonds is 2. The Hall–Kier alpha value is -0.840. The van der Waals surface area contributed by atoms with Gasteiger partial charge in [0.05, 0.1) is 0 Å². The van der Waals surface area contributed by atoms with E-state index in [0.717, 1.165) is 44.0 Å². The standard InChI is InChI=1S/C12H21N3OS/c1-2-6-13-12(17)15-7-5-10-9(8-15)3-4-11(16)14-10/h9-10H,2-8H2,1H3,(H,13,17)(H,14,16). The number of fused-ring (bicyclic) bond motifs is 1. The summed E-state index contributed by atoms with van der Waals surface area (Å²) >= 11 is 5.38. The average Bonchev–Trinajstić information content (AvgIpc) is 2.35. The van der Waals surface area contributed by atoms with Crippen LogP contribution in [0.4, 0.5) is 0 Å². The van der Waals surface area contributed by atoms with Gasteiger partial charge in [0.1, 0.15) is 0 Å². The van der Waals surface area contributed by atoms with Gasteiger partial charge in [-0.1, -0.05) is 6.92 Å². The van der Waals surface area contributed by atoms with Gasteiger partial charge in [-0.25, -0.2) is 0 Å². The quantitative estimate of drug-likeness (QED) is 0.719. The highest BCUT2D eigenvalue weighted by atomic mass is 32.1. The van der Waals surface area contributed by atoms with E-state index in [0.29, 0.717) is 18.4 Å². The Morgan fingerprint density at radius 1 is 1.59 bits per heavy atom. The number of hydrogen-bond acceptors (Lipinski definition) is 2. The number of carbonyl (C=O) groups excluding carboxylic acids is 1. The maximum atomic E-state index is 11.3. The molecule has 2 aliphatic heterocycles. The first-order valence-electron chi connectivity index (χ1n) is 6.53. The molecule has 0 spiro atoms. The Bertz CT molecular complexity index is 308. The molecule has 2 fully saturated rings. The van der Waals surface area contributed by atoms with Crippen LogP contribution in [0, 0.1) is 5.92 Å². The highest BCUT2D eigenvalue weighted by Gasteiger charge is 2.34. The summed E-state index contributed by atoms with van der Waals surface area (Å²) in [5.74, 6) is 0.786. The van der Waals surface area contributed by atoms with E-state index in [1.165, 1.54) is 0 Å². The first-order chi connectivity index (χ1) is 8.20. The fourth-order valence-corrected chi connectivity index (χ4v) is 2.91. The summed E-state index contributed by atoms with van der Waals surface area (Å²) in [6.07, 6.45) is 3.79. The van der Waals surface area contributed by atoms with Gasteiger partial charge in [0, 0.05) is 32.1 Å². The molecule has 2 aliphatic rings. The molecule has 2 unspecified atom stereocenters. The van der Waals surface area contributed by atoms with Crippen molar-refractivity contribution in [3.05, 3.63) is 0 Å². The van der Waals surface area contributed by atoms with Gasteiger partial charge in [0.25, 0.3) is 0 Å². The lowest BCUT2D eigenvalue weighted by atomic mass is 9.85. The second-order valence-electron chi connectivity index (χ2n) is 4.94. The van der Waals surface area contributed by atoms with Crippen LogP contribution in [0.3, 0.4) is 0 Å². The molecular weight excluding hydrogens is 234 g/mol. The molecule has 0 aromatic heterocycles. The zero-order valence-electron chi connectivity index (χ0n) is 10.4. The Balaban J connectivity index is 1.85. The molecule has 4 nitrogen and oxygen atoms in total. The third kappa shape index (κ3) is 3.09. The van der Waals surface area contributed by atoms with Gasteiger partial charge in [-0.2, -0.15) is 0 Å². The lowest BCUT2D eigenvalue weighted by molar-refractivity contribution is -0.125. The van der Waals surface area contributed by atoms with E-state index in [1.54, 1.807) is 0 Å². The summed E-state index contributed by atoms with van der Waals surface area (Å²) in [5, 5.41) is 7.25. The van der Waals surface area contributed by atoms with Crippen molar-refractivity contribution < 1.29 is 4.79 Å². The molecule has 0 bridgehead atoms. The largest absolute Gasteiger partial charge is 0.363 e. The smallest absolute Gasteiger partial charge is 0.220 e. The molecule has 1 amide bonds. The van der Waals surface area contributed by atoms with Gasteiger partial charge >= 0.3 is 0 Å². The molecule has 0 saturated carbocycles. The van der Waals surface area contributed by atoms with Gasteiger partial charge in [-0.15, -0.1) is 0 Å².